The molecule has 0 unspecified atom stereocenters. The summed E-state index contributed by atoms with van der Waals surface area (Å²) >= 11 is 6.13. The summed E-state index contributed by atoms with van der Waals surface area (Å²) < 4.78 is 33.4. The topological polar surface area (TPSA) is 48.3 Å². The number of benzene rings is 2. The van der Waals surface area contributed by atoms with Gasteiger partial charge in [0.15, 0.2) is 0 Å². The van der Waals surface area contributed by atoms with Gasteiger partial charge in [0.2, 0.25) is 0 Å². The lowest BCUT2D eigenvalue weighted by Gasteiger charge is -2.12. The van der Waals surface area contributed by atoms with Crippen LogP contribution < -0.4 is 0 Å². The minimum atomic E-state index is -3.71. The van der Waals surface area contributed by atoms with Crippen LogP contribution in [0.4, 0.5) is 0 Å². The van der Waals surface area contributed by atoms with Crippen LogP contribution in [0.15, 0.2) is 65.8 Å². The number of aromatic nitrogens is 1. The van der Waals surface area contributed by atoms with Gasteiger partial charge in [0, 0.05) is 22.0 Å². The van der Waals surface area contributed by atoms with E-state index in [1.54, 1.807) is 37.6 Å². The van der Waals surface area contributed by atoms with E-state index in [1.165, 1.54) is 3.97 Å². The summed E-state index contributed by atoms with van der Waals surface area (Å²) in [6.07, 6.45) is 4.54. The quantitative estimate of drug-likeness (QED) is 0.558. The number of hydrogen-bond donors (Lipinski definition) is 0. The molecule has 1 saturated carbocycles. The first-order chi connectivity index (χ1) is 12.9. The lowest BCUT2D eigenvalue weighted by Crippen LogP contribution is -2.15. The fourth-order valence-electron chi connectivity index (χ4n) is 3.47. The van der Waals surface area contributed by atoms with Crippen LogP contribution in [-0.2, 0) is 14.8 Å². The first-order valence-corrected chi connectivity index (χ1v) is 10.6. The normalized spacial score (nSPS) is 19.7. The van der Waals surface area contributed by atoms with Crippen molar-refractivity contribution in [2.75, 3.05) is 7.11 Å². The number of fused-ring (bicyclic) bond motifs is 1. The molecule has 0 N–H and O–H groups in total. The van der Waals surface area contributed by atoms with Crippen molar-refractivity contribution < 1.29 is 13.2 Å². The fourth-order valence-corrected chi connectivity index (χ4v) is 5.23. The van der Waals surface area contributed by atoms with Gasteiger partial charge in [-0.25, -0.2) is 12.4 Å². The Morgan fingerprint density at radius 1 is 1.15 bits per heavy atom. The van der Waals surface area contributed by atoms with Crippen molar-refractivity contribution >= 4 is 32.5 Å². The van der Waals surface area contributed by atoms with Gasteiger partial charge in [-0.15, -0.1) is 0 Å². The zero-order chi connectivity index (χ0) is 19.2. The van der Waals surface area contributed by atoms with Crippen molar-refractivity contribution in [1.82, 2.24) is 3.97 Å². The average molecular weight is 402 g/mol. The van der Waals surface area contributed by atoms with Crippen LogP contribution in [0.1, 0.15) is 23.6 Å². The molecule has 2 atom stereocenters. The Morgan fingerprint density at radius 3 is 2.59 bits per heavy atom. The Hall–Kier alpha value is -2.24. The molecule has 3 aromatic rings. The summed E-state index contributed by atoms with van der Waals surface area (Å²) in [6.45, 7) is 1.94. The number of methoxy groups -OCH3 is 1. The summed E-state index contributed by atoms with van der Waals surface area (Å²) in [5, 5.41) is 1.42. The van der Waals surface area contributed by atoms with E-state index in [1.807, 2.05) is 37.3 Å². The number of ether oxygens (including phenoxy) is 1. The van der Waals surface area contributed by atoms with Crippen molar-refractivity contribution in [2.24, 2.45) is 5.92 Å². The van der Waals surface area contributed by atoms with Crippen molar-refractivity contribution in [3.8, 4) is 0 Å². The zero-order valence-electron chi connectivity index (χ0n) is 15.1. The van der Waals surface area contributed by atoms with E-state index in [4.69, 9.17) is 16.3 Å². The van der Waals surface area contributed by atoms with Gasteiger partial charge in [0.25, 0.3) is 10.0 Å². The van der Waals surface area contributed by atoms with Crippen LogP contribution in [0, 0.1) is 12.8 Å². The van der Waals surface area contributed by atoms with Crippen molar-refractivity contribution in [3.05, 3.63) is 77.1 Å². The highest BCUT2D eigenvalue weighted by Crippen LogP contribution is 2.50. The maximum Gasteiger partial charge on any atom is 0.268 e. The van der Waals surface area contributed by atoms with Crippen molar-refractivity contribution in [1.29, 1.82) is 0 Å². The Kier molecular flexibility index (Phi) is 4.52. The second-order valence-electron chi connectivity index (χ2n) is 6.93. The highest BCUT2D eigenvalue weighted by Gasteiger charge is 2.41. The molecule has 0 bridgehead atoms. The molecule has 0 aliphatic heterocycles. The number of nitrogens with zero attached hydrogens (tertiary/aromatic N) is 1. The molecule has 6 heteroatoms. The zero-order valence-corrected chi connectivity index (χ0v) is 16.7. The van der Waals surface area contributed by atoms with E-state index in [0.29, 0.717) is 10.5 Å². The molecule has 0 radical (unpaired) electrons. The third kappa shape index (κ3) is 3.26. The molecule has 0 amide bonds. The number of halogens is 1. The van der Waals surface area contributed by atoms with Gasteiger partial charge in [0.1, 0.15) is 0 Å². The lowest BCUT2D eigenvalue weighted by molar-refractivity contribution is 0.336. The molecule has 1 fully saturated rings. The Balaban J connectivity index is 1.89. The third-order valence-corrected chi connectivity index (χ3v) is 6.98. The van der Waals surface area contributed by atoms with Crippen molar-refractivity contribution in [2.45, 2.75) is 24.2 Å². The van der Waals surface area contributed by atoms with E-state index in [2.05, 4.69) is 0 Å². The van der Waals surface area contributed by atoms with Gasteiger partial charge in [-0.2, -0.15) is 0 Å². The minimum absolute atomic E-state index is 0.141. The lowest BCUT2D eigenvalue weighted by atomic mass is 10.2. The van der Waals surface area contributed by atoms with Gasteiger partial charge in [0.05, 0.1) is 23.8 Å². The molecule has 0 saturated heterocycles. The summed E-state index contributed by atoms with van der Waals surface area (Å²) in [6, 6.07) is 14.2. The van der Waals surface area contributed by atoms with E-state index >= 15 is 0 Å². The average Bonchev–Trinajstić information content (AvgIpc) is 3.31. The maximum absolute atomic E-state index is 13.5. The highest BCUT2D eigenvalue weighted by molar-refractivity contribution is 7.90. The Morgan fingerprint density at radius 2 is 1.89 bits per heavy atom. The number of hydrogen-bond acceptors (Lipinski definition) is 3. The molecule has 1 aliphatic carbocycles. The summed E-state index contributed by atoms with van der Waals surface area (Å²) in [7, 11) is -2.11. The minimum Gasteiger partial charge on any atom is -0.505 e. The Labute approximate surface area is 164 Å². The first kappa shape index (κ1) is 18.1. The smallest absolute Gasteiger partial charge is 0.268 e. The summed E-state index contributed by atoms with van der Waals surface area (Å²) in [4.78, 5) is 0.284. The van der Waals surface area contributed by atoms with E-state index in [-0.39, 0.29) is 16.7 Å². The Bertz CT molecular complexity index is 1130. The number of rotatable bonds is 5. The molecule has 4 rings (SSSR count). The molecular formula is C21H20ClNO3S. The van der Waals surface area contributed by atoms with E-state index < -0.39 is 10.0 Å². The van der Waals surface area contributed by atoms with Crippen molar-refractivity contribution in [3.63, 3.8) is 0 Å². The molecular weight excluding hydrogens is 382 g/mol. The van der Waals surface area contributed by atoms with Crippen LogP contribution in [-0.4, -0.2) is 19.5 Å². The summed E-state index contributed by atoms with van der Waals surface area (Å²) in [5.74, 6) is 0.416. The number of allylic oxidation sites excluding steroid dienone is 1. The SMILES string of the molecule is CO/C=C/[C@@H]1C[C@H]1c1cc2cc(Cl)ccc2n1S(=O)(=O)c1ccc(C)cc1. The molecule has 2 aromatic carbocycles. The highest BCUT2D eigenvalue weighted by atomic mass is 35.5. The standard InChI is InChI=1S/C21H20ClNO3S/c1-14-3-6-18(7-4-14)27(24,25)23-20-8-5-17(22)11-16(20)13-21(23)19-12-15(19)9-10-26-2/h3-11,13,15,19H,12H2,1-2H3/b10-9+/t15-,19-/m1/s1. The molecule has 4 nitrogen and oxygen atoms in total. The van der Waals surface area contributed by atoms with Crippen LogP contribution in [0.5, 0.6) is 0 Å². The monoisotopic (exact) mass is 401 g/mol. The van der Waals surface area contributed by atoms with Gasteiger partial charge in [-0.3, -0.25) is 0 Å². The first-order valence-electron chi connectivity index (χ1n) is 8.74. The van der Waals surface area contributed by atoms with E-state index in [0.717, 1.165) is 23.1 Å². The molecule has 1 aliphatic rings. The molecule has 140 valence electrons. The summed E-state index contributed by atoms with van der Waals surface area (Å²) in [5.41, 5.74) is 2.46. The van der Waals surface area contributed by atoms with E-state index in [9.17, 15) is 8.42 Å². The predicted molar refractivity (Wildman–Crippen MR) is 108 cm³/mol. The molecule has 27 heavy (non-hydrogen) atoms. The van der Waals surface area contributed by atoms with Gasteiger partial charge in [-0.1, -0.05) is 29.3 Å². The fraction of sp³-hybridized carbons (Fsp3) is 0.238. The maximum atomic E-state index is 13.5. The largest absolute Gasteiger partial charge is 0.505 e. The van der Waals surface area contributed by atoms with Crippen LogP contribution in [0.2, 0.25) is 5.02 Å². The second-order valence-corrected chi connectivity index (χ2v) is 9.15. The van der Waals surface area contributed by atoms with Crippen LogP contribution in [0.25, 0.3) is 10.9 Å². The second kappa shape index (κ2) is 6.73. The van der Waals surface area contributed by atoms with Gasteiger partial charge >= 0.3 is 0 Å². The van der Waals surface area contributed by atoms with Gasteiger partial charge < -0.3 is 4.74 Å². The molecule has 1 heterocycles. The van der Waals surface area contributed by atoms with Gasteiger partial charge in [-0.05, 0) is 61.7 Å². The number of aryl methyl sites for hydroxylation is 1. The van der Waals surface area contributed by atoms with Crippen LogP contribution in [0.3, 0.4) is 0 Å². The predicted octanol–water partition coefficient (Wildman–Crippen LogP) is 5.10. The van der Waals surface area contributed by atoms with Crippen LogP contribution >= 0.6 is 11.6 Å². The molecule has 0 spiro atoms. The molecule has 1 aromatic heterocycles. The third-order valence-electron chi connectivity index (χ3n) is 4.99.